The zero-order chi connectivity index (χ0) is 19.4. The van der Waals surface area contributed by atoms with Crippen molar-refractivity contribution in [3.05, 3.63) is 89.1 Å². The molecule has 0 spiro atoms. The second-order valence-electron chi connectivity index (χ2n) is 6.60. The van der Waals surface area contributed by atoms with Gasteiger partial charge in [0.05, 0.1) is 28.4 Å². The predicted molar refractivity (Wildman–Crippen MR) is 107 cm³/mol. The van der Waals surface area contributed by atoms with Crippen molar-refractivity contribution in [1.82, 2.24) is 9.88 Å². The van der Waals surface area contributed by atoms with Crippen LogP contribution in [0.2, 0.25) is 0 Å². The van der Waals surface area contributed by atoms with Crippen LogP contribution in [0, 0.1) is 25.2 Å². The molecule has 1 aromatic heterocycles. The van der Waals surface area contributed by atoms with Crippen molar-refractivity contribution in [3.8, 4) is 6.07 Å². The fourth-order valence-corrected chi connectivity index (χ4v) is 3.04. The summed E-state index contributed by atoms with van der Waals surface area (Å²) in [5.41, 5.74) is 4.92. The molecular weight excluding hydrogens is 334 g/mol. The molecule has 0 aliphatic rings. The van der Waals surface area contributed by atoms with E-state index in [-0.39, 0.29) is 5.91 Å². The number of benzene rings is 2. The topological polar surface area (TPSA) is 57.0 Å². The number of carbonyl (C=O) groups is 1. The van der Waals surface area contributed by atoms with Crippen LogP contribution in [0.15, 0.2) is 61.2 Å². The highest BCUT2D eigenvalue weighted by molar-refractivity contribution is 5.98. The first-order valence-corrected chi connectivity index (χ1v) is 8.79. The summed E-state index contributed by atoms with van der Waals surface area (Å²) in [7, 11) is 0. The number of aromatic nitrogens is 1. The van der Waals surface area contributed by atoms with Crippen LogP contribution in [-0.4, -0.2) is 22.3 Å². The van der Waals surface area contributed by atoms with Gasteiger partial charge in [-0.25, -0.2) is 0 Å². The van der Waals surface area contributed by atoms with Crippen molar-refractivity contribution in [3.63, 3.8) is 0 Å². The smallest absolute Gasteiger partial charge is 0.256 e. The molecular formula is C23H21N3O. The first-order valence-electron chi connectivity index (χ1n) is 8.79. The van der Waals surface area contributed by atoms with E-state index < -0.39 is 0 Å². The highest BCUT2D eigenvalue weighted by atomic mass is 16.2. The quantitative estimate of drug-likeness (QED) is 0.631. The first kappa shape index (κ1) is 18.3. The van der Waals surface area contributed by atoms with Gasteiger partial charge < -0.3 is 4.90 Å². The Morgan fingerprint density at radius 3 is 2.59 bits per heavy atom. The van der Waals surface area contributed by atoms with Crippen molar-refractivity contribution in [2.45, 2.75) is 20.4 Å². The number of pyridine rings is 1. The molecule has 3 aromatic rings. The number of aryl methyl sites for hydroxylation is 2. The van der Waals surface area contributed by atoms with E-state index in [1.54, 1.807) is 23.1 Å². The second kappa shape index (κ2) is 7.84. The van der Waals surface area contributed by atoms with Gasteiger partial charge in [0, 0.05) is 18.5 Å². The maximum atomic E-state index is 13.2. The van der Waals surface area contributed by atoms with Crippen LogP contribution in [0.3, 0.4) is 0 Å². The summed E-state index contributed by atoms with van der Waals surface area (Å²) in [6, 6.07) is 17.3. The number of nitriles is 1. The van der Waals surface area contributed by atoms with E-state index >= 15 is 0 Å². The Bertz CT molecular complexity index is 1050. The molecule has 3 rings (SSSR count). The lowest BCUT2D eigenvalue weighted by Gasteiger charge is -2.22. The molecule has 1 amide bonds. The Morgan fingerprint density at radius 2 is 1.93 bits per heavy atom. The summed E-state index contributed by atoms with van der Waals surface area (Å²) in [5.74, 6) is -0.0771. The minimum atomic E-state index is -0.0771. The van der Waals surface area contributed by atoms with Crippen molar-refractivity contribution >= 4 is 16.8 Å². The van der Waals surface area contributed by atoms with Crippen molar-refractivity contribution < 1.29 is 4.79 Å². The number of hydrogen-bond donors (Lipinski definition) is 0. The lowest BCUT2D eigenvalue weighted by atomic mass is 10.1. The van der Waals surface area contributed by atoms with E-state index in [2.05, 4.69) is 17.6 Å². The number of nitrogens with zero attached hydrogens (tertiary/aromatic N) is 3. The molecule has 27 heavy (non-hydrogen) atoms. The molecule has 0 atom stereocenters. The second-order valence-corrected chi connectivity index (χ2v) is 6.60. The Balaban J connectivity index is 1.93. The van der Waals surface area contributed by atoms with Gasteiger partial charge in [0.2, 0.25) is 0 Å². The molecule has 0 unspecified atom stereocenters. The van der Waals surface area contributed by atoms with Crippen LogP contribution in [0.1, 0.15) is 32.7 Å². The molecule has 0 fully saturated rings. The van der Waals surface area contributed by atoms with Gasteiger partial charge >= 0.3 is 0 Å². The molecule has 4 nitrogen and oxygen atoms in total. The summed E-state index contributed by atoms with van der Waals surface area (Å²) in [6.07, 6.45) is 1.72. The zero-order valence-electron chi connectivity index (χ0n) is 15.6. The fourth-order valence-electron chi connectivity index (χ4n) is 3.04. The molecule has 1 heterocycles. The number of fused-ring (bicyclic) bond motifs is 1. The molecule has 0 aliphatic heterocycles. The maximum Gasteiger partial charge on any atom is 0.256 e. The molecule has 4 heteroatoms. The Labute approximate surface area is 159 Å². The lowest BCUT2D eigenvalue weighted by Crippen LogP contribution is -2.31. The average molecular weight is 355 g/mol. The van der Waals surface area contributed by atoms with Crippen LogP contribution >= 0.6 is 0 Å². The Morgan fingerprint density at radius 1 is 1.19 bits per heavy atom. The predicted octanol–water partition coefficient (Wildman–Crippen LogP) is 4.55. The molecule has 0 bridgehead atoms. The molecule has 0 saturated heterocycles. The minimum Gasteiger partial charge on any atom is -0.331 e. The van der Waals surface area contributed by atoms with Crippen molar-refractivity contribution in [2.75, 3.05) is 6.54 Å². The third kappa shape index (κ3) is 4.04. The fraction of sp³-hybridized carbons (Fsp3) is 0.174. The van der Waals surface area contributed by atoms with Gasteiger partial charge in [-0.15, -0.1) is 6.58 Å². The average Bonchev–Trinajstić information content (AvgIpc) is 2.67. The van der Waals surface area contributed by atoms with E-state index in [9.17, 15) is 4.79 Å². The molecule has 0 radical (unpaired) electrons. The van der Waals surface area contributed by atoms with Gasteiger partial charge in [-0.3, -0.25) is 9.78 Å². The highest BCUT2D eigenvalue weighted by Gasteiger charge is 2.18. The standard InChI is InChI=1S/C23H21N3O/c1-4-11-26(15-19-8-6-18(14-24)7-9-19)23(27)21-13-20-10-5-16(2)12-22(20)25-17(21)3/h4-10,12-13H,1,11,15H2,2-3H3. The van der Waals surface area contributed by atoms with Crippen LogP contribution < -0.4 is 0 Å². The third-order valence-corrected chi connectivity index (χ3v) is 4.49. The van der Waals surface area contributed by atoms with E-state index in [0.29, 0.717) is 29.9 Å². The van der Waals surface area contributed by atoms with Gasteiger partial charge in [0.15, 0.2) is 0 Å². The Kier molecular flexibility index (Phi) is 5.33. The monoisotopic (exact) mass is 355 g/mol. The Hall–Kier alpha value is -3.45. The van der Waals surface area contributed by atoms with E-state index in [4.69, 9.17) is 5.26 Å². The summed E-state index contributed by atoms with van der Waals surface area (Å²) in [5, 5.41) is 9.88. The van der Waals surface area contributed by atoms with Gasteiger partial charge in [0.25, 0.3) is 5.91 Å². The highest BCUT2D eigenvalue weighted by Crippen LogP contribution is 2.20. The third-order valence-electron chi connectivity index (χ3n) is 4.49. The van der Waals surface area contributed by atoms with Crippen molar-refractivity contribution in [2.24, 2.45) is 0 Å². The number of rotatable bonds is 5. The molecule has 0 N–H and O–H groups in total. The van der Waals surface area contributed by atoms with Gasteiger partial charge in [-0.1, -0.05) is 30.3 Å². The van der Waals surface area contributed by atoms with Gasteiger partial charge in [-0.2, -0.15) is 5.26 Å². The minimum absolute atomic E-state index is 0.0771. The van der Waals surface area contributed by atoms with Crippen molar-refractivity contribution in [1.29, 1.82) is 5.26 Å². The molecule has 134 valence electrons. The van der Waals surface area contributed by atoms with Crippen LogP contribution in [-0.2, 0) is 6.54 Å². The molecule has 0 saturated carbocycles. The van der Waals surface area contributed by atoms with E-state index in [1.165, 1.54) is 0 Å². The summed E-state index contributed by atoms with van der Waals surface area (Å²) >= 11 is 0. The number of hydrogen-bond acceptors (Lipinski definition) is 3. The number of amides is 1. The van der Waals surface area contributed by atoms with Crippen LogP contribution in [0.25, 0.3) is 10.9 Å². The van der Waals surface area contributed by atoms with Crippen LogP contribution in [0.5, 0.6) is 0 Å². The van der Waals surface area contributed by atoms with Crippen LogP contribution in [0.4, 0.5) is 0 Å². The first-order chi connectivity index (χ1) is 13.0. The summed E-state index contributed by atoms with van der Waals surface area (Å²) in [4.78, 5) is 19.5. The van der Waals surface area contributed by atoms with Gasteiger partial charge in [-0.05, 0) is 49.2 Å². The zero-order valence-corrected chi connectivity index (χ0v) is 15.6. The van der Waals surface area contributed by atoms with E-state index in [0.717, 1.165) is 22.0 Å². The molecule has 2 aromatic carbocycles. The number of carbonyl (C=O) groups excluding carboxylic acids is 1. The molecule has 0 aliphatic carbocycles. The normalized spacial score (nSPS) is 10.4. The van der Waals surface area contributed by atoms with Gasteiger partial charge in [0.1, 0.15) is 0 Å². The SMILES string of the molecule is C=CCN(Cc1ccc(C#N)cc1)C(=O)c1cc2ccc(C)cc2nc1C. The largest absolute Gasteiger partial charge is 0.331 e. The van der Waals surface area contributed by atoms with E-state index in [1.807, 2.05) is 50.2 Å². The maximum absolute atomic E-state index is 13.2. The summed E-state index contributed by atoms with van der Waals surface area (Å²) < 4.78 is 0. The summed E-state index contributed by atoms with van der Waals surface area (Å²) in [6.45, 7) is 8.55. The lowest BCUT2D eigenvalue weighted by molar-refractivity contribution is 0.0761.